The lowest BCUT2D eigenvalue weighted by Crippen LogP contribution is -2.11. The highest BCUT2D eigenvalue weighted by Crippen LogP contribution is 2.32. The molecule has 0 radical (unpaired) electrons. The molecule has 0 fully saturated rings. The Morgan fingerprint density at radius 3 is 2.52 bits per heavy atom. The second-order valence-corrected chi connectivity index (χ2v) is 6.79. The van der Waals surface area contributed by atoms with E-state index >= 15 is 0 Å². The van der Waals surface area contributed by atoms with Crippen molar-refractivity contribution in [3.63, 3.8) is 0 Å². The SMILES string of the molecule is Cc1cc(C)cc(-c2csc3nc(C(C)Cl)[nH]c(=O)c23)c1. The third kappa shape index (κ3) is 2.61. The summed E-state index contributed by atoms with van der Waals surface area (Å²) in [5.41, 5.74) is 4.22. The van der Waals surface area contributed by atoms with Gasteiger partial charge in [0.05, 0.1) is 10.8 Å². The summed E-state index contributed by atoms with van der Waals surface area (Å²) < 4.78 is 0. The van der Waals surface area contributed by atoms with Crippen LogP contribution in [-0.4, -0.2) is 9.97 Å². The standard InChI is InChI=1S/C16H15ClN2OS/c1-8-4-9(2)6-11(5-8)12-7-21-16-13(12)15(20)18-14(19-16)10(3)17/h4-7,10H,1-3H3,(H,18,19,20). The zero-order valence-electron chi connectivity index (χ0n) is 12.0. The molecule has 1 unspecified atom stereocenters. The molecule has 0 amide bonds. The van der Waals surface area contributed by atoms with Crippen LogP contribution in [0.3, 0.4) is 0 Å². The van der Waals surface area contributed by atoms with Gasteiger partial charge in [-0.05, 0) is 26.3 Å². The van der Waals surface area contributed by atoms with Gasteiger partial charge in [0.25, 0.3) is 5.56 Å². The molecule has 0 aliphatic heterocycles. The van der Waals surface area contributed by atoms with Crippen LogP contribution in [0.15, 0.2) is 28.4 Å². The van der Waals surface area contributed by atoms with Gasteiger partial charge in [0, 0.05) is 10.9 Å². The lowest BCUT2D eigenvalue weighted by molar-refractivity contribution is 0.917. The van der Waals surface area contributed by atoms with E-state index < -0.39 is 0 Å². The Morgan fingerprint density at radius 2 is 1.90 bits per heavy atom. The molecule has 108 valence electrons. The van der Waals surface area contributed by atoms with Crippen molar-refractivity contribution < 1.29 is 0 Å². The molecular formula is C16H15ClN2OS. The van der Waals surface area contributed by atoms with E-state index in [2.05, 4.69) is 42.0 Å². The highest BCUT2D eigenvalue weighted by Gasteiger charge is 2.15. The lowest BCUT2D eigenvalue weighted by Gasteiger charge is -2.05. The van der Waals surface area contributed by atoms with Gasteiger partial charge in [0.2, 0.25) is 0 Å². The van der Waals surface area contributed by atoms with Crippen LogP contribution in [0.2, 0.25) is 0 Å². The number of rotatable bonds is 2. The number of hydrogen-bond acceptors (Lipinski definition) is 3. The smallest absolute Gasteiger partial charge is 0.260 e. The summed E-state index contributed by atoms with van der Waals surface area (Å²) in [6.45, 7) is 5.91. The molecule has 3 aromatic rings. The Bertz CT molecular complexity index is 859. The van der Waals surface area contributed by atoms with E-state index in [1.807, 2.05) is 5.38 Å². The number of nitrogens with zero attached hydrogens (tertiary/aromatic N) is 1. The van der Waals surface area contributed by atoms with Crippen LogP contribution in [0.4, 0.5) is 0 Å². The number of H-pyrrole nitrogens is 1. The molecule has 2 aromatic heterocycles. The number of halogens is 1. The summed E-state index contributed by atoms with van der Waals surface area (Å²) in [7, 11) is 0. The fraction of sp³-hybridized carbons (Fsp3) is 0.250. The highest BCUT2D eigenvalue weighted by atomic mass is 35.5. The molecule has 3 nitrogen and oxygen atoms in total. The average molecular weight is 319 g/mol. The van der Waals surface area contributed by atoms with Crippen molar-refractivity contribution in [2.24, 2.45) is 0 Å². The van der Waals surface area contributed by atoms with Gasteiger partial charge in [0.15, 0.2) is 0 Å². The number of nitrogens with one attached hydrogen (secondary N) is 1. The summed E-state index contributed by atoms with van der Waals surface area (Å²) in [5.74, 6) is 0.517. The molecule has 21 heavy (non-hydrogen) atoms. The fourth-order valence-electron chi connectivity index (χ4n) is 2.50. The summed E-state index contributed by atoms with van der Waals surface area (Å²) in [5, 5.41) is 2.32. The number of aromatic amines is 1. The molecular weight excluding hydrogens is 304 g/mol. The molecule has 1 aromatic carbocycles. The van der Waals surface area contributed by atoms with Gasteiger partial charge in [-0.2, -0.15) is 0 Å². The van der Waals surface area contributed by atoms with E-state index in [0.29, 0.717) is 11.2 Å². The van der Waals surface area contributed by atoms with Gasteiger partial charge in [0.1, 0.15) is 10.7 Å². The number of aromatic nitrogens is 2. The quantitative estimate of drug-likeness (QED) is 0.704. The molecule has 5 heteroatoms. The molecule has 2 heterocycles. The zero-order chi connectivity index (χ0) is 15.1. The second-order valence-electron chi connectivity index (χ2n) is 5.27. The molecule has 3 rings (SSSR count). The van der Waals surface area contributed by atoms with E-state index in [9.17, 15) is 4.79 Å². The summed E-state index contributed by atoms with van der Waals surface area (Å²) >= 11 is 7.49. The summed E-state index contributed by atoms with van der Waals surface area (Å²) in [6, 6.07) is 6.30. The minimum atomic E-state index is -0.311. The second kappa shape index (κ2) is 5.28. The predicted molar refractivity (Wildman–Crippen MR) is 89.4 cm³/mol. The van der Waals surface area contributed by atoms with Gasteiger partial charge in [-0.3, -0.25) is 4.79 Å². The molecule has 1 atom stereocenters. The molecule has 0 saturated heterocycles. The van der Waals surface area contributed by atoms with E-state index in [4.69, 9.17) is 11.6 Å². The third-order valence-electron chi connectivity index (χ3n) is 3.37. The zero-order valence-corrected chi connectivity index (χ0v) is 13.6. The van der Waals surface area contributed by atoms with E-state index in [-0.39, 0.29) is 10.9 Å². The lowest BCUT2D eigenvalue weighted by atomic mass is 10.0. The largest absolute Gasteiger partial charge is 0.309 e. The van der Waals surface area contributed by atoms with Crippen molar-refractivity contribution >= 4 is 33.2 Å². The molecule has 0 aliphatic carbocycles. The topological polar surface area (TPSA) is 45.8 Å². The van der Waals surface area contributed by atoms with Gasteiger partial charge in [-0.25, -0.2) is 4.98 Å². The maximum absolute atomic E-state index is 12.4. The Hall–Kier alpha value is -1.65. The van der Waals surface area contributed by atoms with Crippen LogP contribution in [0.25, 0.3) is 21.3 Å². The van der Waals surface area contributed by atoms with Crippen LogP contribution in [0.1, 0.15) is 29.3 Å². The summed E-state index contributed by atoms with van der Waals surface area (Å²) in [6.07, 6.45) is 0. The molecule has 1 N–H and O–H groups in total. The van der Waals surface area contributed by atoms with Crippen LogP contribution in [-0.2, 0) is 0 Å². The number of alkyl halides is 1. The number of hydrogen-bond donors (Lipinski definition) is 1. The maximum Gasteiger partial charge on any atom is 0.260 e. The molecule has 0 saturated carbocycles. The van der Waals surface area contributed by atoms with Gasteiger partial charge in [-0.15, -0.1) is 22.9 Å². The first kappa shape index (κ1) is 14.3. The van der Waals surface area contributed by atoms with Crippen molar-refractivity contribution in [2.45, 2.75) is 26.1 Å². The monoisotopic (exact) mass is 318 g/mol. The number of aryl methyl sites for hydroxylation is 2. The van der Waals surface area contributed by atoms with Gasteiger partial charge >= 0.3 is 0 Å². The third-order valence-corrected chi connectivity index (χ3v) is 4.45. The van der Waals surface area contributed by atoms with Crippen molar-refractivity contribution in [2.75, 3.05) is 0 Å². The molecule has 0 spiro atoms. The van der Waals surface area contributed by atoms with Crippen LogP contribution >= 0.6 is 22.9 Å². The Balaban J connectivity index is 2.27. The van der Waals surface area contributed by atoms with Crippen molar-refractivity contribution in [1.29, 1.82) is 0 Å². The highest BCUT2D eigenvalue weighted by molar-refractivity contribution is 7.17. The minimum absolute atomic E-state index is 0.127. The first-order valence-corrected chi connectivity index (χ1v) is 8.01. The Labute approximate surface area is 131 Å². The van der Waals surface area contributed by atoms with Crippen molar-refractivity contribution in [3.8, 4) is 11.1 Å². The van der Waals surface area contributed by atoms with E-state index in [0.717, 1.165) is 16.0 Å². The first-order valence-electron chi connectivity index (χ1n) is 6.70. The fourth-order valence-corrected chi connectivity index (χ4v) is 3.55. The molecule has 0 bridgehead atoms. The van der Waals surface area contributed by atoms with Crippen LogP contribution < -0.4 is 5.56 Å². The van der Waals surface area contributed by atoms with E-state index in [1.165, 1.54) is 22.5 Å². The maximum atomic E-state index is 12.4. The Morgan fingerprint density at radius 1 is 1.24 bits per heavy atom. The van der Waals surface area contributed by atoms with Crippen LogP contribution in [0, 0.1) is 13.8 Å². The normalized spacial score (nSPS) is 12.8. The van der Waals surface area contributed by atoms with Gasteiger partial charge in [-0.1, -0.05) is 29.3 Å². The first-order chi connectivity index (χ1) is 9.95. The van der Waals surface area contributed by atoms with Crippen molar-refractivity contribution in [1.82, 2.24) is 9.97 Å². The van der Waals surface area contributed by atoms with Crippen LogP contribution in [0.5, 0.6) is 0 Å². The predicted octanol–water partition coefficient (Wildman–Crippen LogP) is 4.57. The van der Waals surface area contributed by atoms with E-state index in [1.54, 1.807) is 6.92 Å². The number of benzene rings is 1. The minimum Gasteiger partial charge on any atom is -0.309 e. The number of fused-ring (bicyclic) bond motifs is 1. The summed E-state index contributed by atoms with van der Waals surface area (Å²) in [4.78, 5) is 20.4. The Kier molecular flexibility index (Phi) is 3.59. The number of thiophene rings is 1. The average Bonchev–Trinajstić information content (AvgIpc) is 2.81. The molecule has 0 aliphatic rings. The van der Waals surface area contributed by atoms with Gasteiger partial charge < -0.3 is 4.98 Å². The van der Waals surface area contributed by atoms with Crippen molar-refractivity contribution in [3.05, 3.63) is 50.9 Å².